The number of sulfone groups is 1. The monoisotopic (exact) mass is 420 g/mol. The van der Waals surface area contributed by atoms with Crippen LogP contribution in [-0.4, -0.2) is 54.1 Å². The number of aromatic nitrogens is 2. The second kappa shape index (κ2) is 9.17. The van der Waals surface area contributed by atoms with Gasteiger partial charge < -0.3 is 14.7 Å². The van der Waals surface area contributed by atoms with Crippen LogP contribution >= 0.6 is 0 Å². The van der Waals surface area contributed by atoms with Crippen LogP contribution in [0.25, 0.3) is 0 Å². The van der Waals surface area contributed by atoms with Crippen molar-refractivity contribution in [1.82, 2.24) is 20.4 Å². The number of carbonyl (C=O) groups excluding carboxylic acids is 2. The Morgan fingerprint density at radius 1 is 1.21 bits per heavy atom. The van der Waals surface area contributed by atoms with Gasteiger partial charge in [0.15, 0.2) is 15.7 Å². The molecule has 0 unspecified atom stereocenters. The van der Waals surface area contributed by atoms with Gasteiger partial charge in [-0.2, -0.15) is 4.98 Å². The first-order valence-electron chi connectivity index (χ1n) is 9.47. The SMILES string of the molecule is Cc1noc(CNC(=O)C2CCN(C(=O)CCS(=O)(=O)c3ccccc3)CC2)n1. The molecule has 156 valence electrons. The third kappa shape index (κ3) is 5.63. The van der Waals surface area contributed by atoms with Crippen molar-refractivity contribution < 1.29 is 22.5 Å². The number of carbonyl (C=O) groups is 2. The lowest BCUT2D eigenvalue weighted by Gasteiger charge is -2.31. The lowest BCUT2D eigenvalue weighted by atomic mass is 9.95. The molecule has 0 atom stereocenters. The molecule has 1 aliphatic rings. The largest absolute Gasteiger partial charge is 0.347 e. The third-order valence-corrected chi connectivity index (χ3v) is 6.62. The fourth-order valence-electron chi connectivity index (χ4n) is 3.24. The number of nitrogens with one attached hydrogen (secondary N) is 1. The van der Waals surface area contributed by atoms with Gasteiger partial charge in [0.05, 0.1) is 17.2 Å². The number of nitrogens with zero attached hydrogens (tertiary/aromatic N) is 3. The van der Waals surface area contributed by atoms with Crippen molar-refractivity contribution in [2.24, 2.45) is 5.92 Å². The highest BCUT2D eigenvalue weighted by Crippen LogP contribution is 2.19. The summed E-state index contributed by atoms with van der Waals surface area (Å²) >= 11 is 0. The molecule has 1 aliphatic heterocycles. The summed E-state index contributed by atoms with van der Waals surface area (Å²) in [5, 5.41) is 6.44. The van der Waals surface area contributed by atoms with Crippen LogP contribution in [0.5, 0.6) is 0 Å². The van der Waals surface area contributed by atoms with Gasteiger partial charge in [-0.1, -0.05) is 23.4 Å². The molecular formula is C19H24N4O5S. The topological polar surface area (TPSA) is 122 Å². The number of likely N-dealkylation sites (tertiary alicyclic amines) is 1. The highest BCUT2D eigenvalue weighted by molar-refractivity contribution is 7.91. The van der Waals surface area contributed by atoms with E-state index in [9.17, 15) is 18.0 Å². The second-order valence-electron chi connectivity index (χ2n) is 6.99. The van der Waals surface area contributed by atoms with Gasteiger partial charge in [0, 0.05) is 25.4 Å². The first-order chi connectivity index (χ1) is 13.8. The Morgan fingerprint density at radius 3 is 2.52 bits per heavy atom. The van der Waals surface area contributed by atoms with Crippen LogP contribution in [0.15, 0.2) is 39.8 Å². The minimum atomic E-state index is -3.48. The second-order valence-corrected chi connectivity index (χ2v) is 9.10. The van der Waals surface area contributed by atoms with Gasteiger partial charge in [0.25, 0.3) is 0 Å². The number of benzene rings is 1. The normalized spacial score (nSPS) is 15.3. The van der Waals surface area contributed by atoms with E-state index in [0.29, 0.717) is 37.6 Å². The molecular weight excluding hydrogens is 396 g/mol. The van der Waals surface area contributed by atoms with Crippen LogP contribution in [0.2, 0.25) is 0 Å². The molecule has 2 amide bonds. The summed E-state index contributed by atoms with van der Waals surface area (Å²) in [6.07, 6.45) is 1.00. The van der Waals surface area contributed by atoms with Gasteiger partial charge in [0.2, 0.25) is 17.7 Å². The van der Waals surface area contributed by atoms with E-state index < -0.39 is 9.84 Å². The maximum absolute atomic E-state index is 12.4. The third-order valence-electron chi connectivity index (χ3n) is 4.89. The number of hydrogen-bond donors (Lipinski definition) is 1. The summed E-state index contributed by atoms with van der Waals surface area (Å²) in [6.45, 7) is 2.74. The number of rotatable bonds is 7. The first-order valence-corrected chi connectivity index (χ1v) is 11.1. The molecule has 0 aliphatic carbocycles. The van der Waals surface area contributed by atoms with E-state index in [1.807, 2.05) is 0 Å². The van der Waals surface area contributed by atoms with E-state index in [0.717, 1.165) is 0 Å². The summed E-state index contributed by atoms with van der Waals surface area (Å²) in [5.41, 5.74) is 0. The van der Waals surface area contributed by atoms with Crippen LogP contribution in [0.1, 0.15) is 31.0 Å². The van der Waals surface area contributed by atoms with Gasteiger partial charge in [0.1, 0.15) is 0 Å². The predicted molar refractivity (Wildman–Crippen MR) is 103 cm³/mol. The lowest BCUT2D eigenvalue weighted by molar-refractivity contribution is -0.135. The van der Waals surface area contributed by atoms with E-state index in [2.05, 4.69) is 15.5 Å². The Kier molecular flexibility index (Phi) is 6.63. The Labute approximate surface area is 169 Å². The first kappa shape index (κ1) is 21.0. The van der Waals surface area contributed by atoms with E-state index >= 15 is 0 Å². The fourth-order valence-corrected chi connectivity index (χ4v) is 4.49. The van der Waals surface area contributed by atoms with Crippen molar-refractivity contribution >= 4 is 21.7 Å². The molecule has 2 heterocycles. The molecule has 1 N–H and O–H groups in total. The van der Waals surface area contributed by atoms with Crippen molar-refractivity contribution in [3.05, 3.63) is 42.0 Å². The minimum absolute atomic E-state index is 0.0649. The van der Waals surface area contributed by atoms with Crippen LogP contribution in [-0.2, 0) is 26.0 Å². The van der Waals surface area contributed by atoms with E-state index in [4.69, 9.17) is 4.52 Å². The smallest absolute Gasteiger partial charge is 0.246 e. The van der Waals surface area contributed by atoms with E-state index in [1.165, 1.54) is 12.1 Å². The maximum Gasteiger partial charge on any atom is 0.246 e. The molecule has 9 nitrogen and oxygen atoms in total. The van der Waals surface area contributed by atoms with Gasteiger partial charge >= 0.3 is 0 Å². The van der Waals surface area contributed by atoms with E-state index in [1.54, 1.807) is 30.0 Å². The fraction of sp³-hybridized carbons (Fsp3) is 0.474. The summed E-state index contributed by atoms with van der Waals surface area (Å²) in [4.78, 5) is 30.6. The van der Waals surface area contributed by atoms with Gasteiger partial charge in [-0.25, -0.2) is 8.42 Å². The summed E-state index contributed by atoms with van der Waals surface area (Å²) < 4.78 is 29.6. The summed E-state index contributed by atoms with van der Waals surface area (Å²) in [7, 11) is -3.48. The Hall–Kier alpha value is -2.75. The number of amides is 2. The standard InChI is InChI=1S/C19H24N4O5S/c1-14-21-17(28-22-14)13-20-19(25)15-7-10-23(11-8-15)18(24)9-12-29(26,27)16-5-3-2-4-6-16/h2-6,15H,7-13H2,1H3,(H,20,25). The zero-order valence-corrected chi connectivity index (χ0v) is 17.0. The van der Waals surface area contributed by atoms with E-state index in [-0.39, 0.29) is 41.3 Å². The molecule has 0 spiro atoms. The zero-order chi connectivity index (χ0) is 20.9. The molecule has 1 aromatic carbocycles. The molecule has 1 aromatic heterocycles. The highest BCUT2D eigenvalue weighted by atomic mass is 32.2. The molecule has 29 heavy (non-hydrogen) atoms. The molecule has 3 rings (SSSR count). The number of aryl methyl sites for hydroxylation is 1. The molecule has 2 aromatic rings. The minimum Gasteiger partial charge on any atom is -0.347 e. The van der Waals surface area contributed by atoms with Crippen molar-refractivity contribution in [1.29, 1.82) is 0 Å². The highest BCUT2D eigenvalue weighted by Gasteiger charge is 2.28. The zero-order valence-electron chi connectivity index (χ0n) is 16.2. The van der Waals surface area contributed by atoms with Crippen molar-refractivity contribution in [2.75, 3.05) is 18.8 Å². The van der Waals surface area contributed by atoms with Crippen molar-refractivity contribution in [3.63, 3.8) is 0 Å². The van der Waals surface area contributed by atoms with Gasteiger partial charge in [-0.3, -0.25) is 9.59 Å². The van der Waals surface area contributed by atoms with Crippen LogP contribution in [0.4, 0.5) is 0 Å². The van der Waals surface area contributed by atoms with Crippen molar-refractivity contribution in [2.45, 2.75) is 37.6 Å². The average Bonchev–Trinajstić information content (AvgIpc) is 3.16. The summed E-state index contributed by atoms with van der Waals surface area (Å²) in [6, 6.07) is 8.11. The van der Waals surface area contributed by atoms with Crippen LogP contribution in [0.3, 0.4) is 0 Å². The number of hydrogen-bond acceptors (Lipinski definition) is 7. The van der Waals surface area contributed by atoms with Gasteiger partial charge in [-0.05, 0) is 31.9 Å². The lowest BCUT2D eigenvalue weighted by Crippen LogP contribution is -2.43. The molecule has 0 bridgehead atoms. The van der Waals surface area contributed by atoms with Crippen molar-refractivity contribution in [3.8, 4) is 0 Å². The predicted octanol–water partition coefficient (Wildman–Crippen LogP) is 1.10. The Bertz CT molecular complexity index is 950. The Morgan fingerprint density at radius 2 is 1.90 bits per heavy atom. The number of piperidine rings is 1. The maximum atomic E-state index is 12.4. The molecule has 10 heteroatoms. The van der Waals surface area contributed by atoms with Crippen LogP contribution in [0, 0.1) is 12.8 Å². The van der Waals surface area contributed by atoms with Crippen LogP contribution < -0.4 is 5.32 Å². The van der Waals surface area contributed by atoms with Gasteiger partial charge in [-0.15, -0.1) is 0 Å². The molecule has 0 saturated carbocycles. The Balaban J connectivity index is 1.42. The molecule has 1 saturated heterocycles. The average molecular weight is 420 g/mol. The molecule has 1 fully saturated rings. The molecule has 0 radical (unpaired) electrons. The summed E-state index contributed by atoms with van der Waals surface area (Å²) in [5.74, 6) is 0.124. The quantitative estimate of drug-likeness (QED) is 0.711.